The van der Waals surface area contributed by atoms with Crippen molar-refractivity contribution in [2.75, 3.05) is 6.61 Å². The minimum atomic E-state index is -0.950. The minimum Gasteiger partial charge on any atom is -0.465 e. The minimum absolute atomic E-state index is 0.127. The number of carbonyl (C=O) groups excluding carboxylic acids is 1. The topological polar surface area (TPSA) is 75.3 Å². The predicted octanol–water partition coefficient (Wildman–Crippen LogP) is 1.92. The number of ether oxygens (including phenoxy) is 1. The van der Waals surface area contributed by atoms with E-state index in [9.17, 15) is 4.79 Å². The number of aromatic nitrogens is 1. The van der Waals surface area contributed by atoms with Gasteiger partial charge in [-0.15, -0.1) is 0 Å². The molecule has 0 spiro atoms. The first kappa shape index (κ1) is 13.8. The van der Waals surface area contributed by atoms with Crippen molar-refractivity contribution in [3.63, 3.8) is 0 Å². The Morgan fingerprint density at radius 2 is 2.28 bits per heavy atom. The molecule has 5 nitrogen and oxygen atoms in total. The standard InChI is InChI=1S/C13H15N3O2/c1-3-18-13(17)12(8-14)9-16-10(2)11-4-6-15-7-5-11/h4-7,9-10,12H,3H2,1-2H3/t10-,12+/m0/s1. The summed E-state index contributed by atoms with van der Waals surface area (Å²) in [5.74, 6) is -1.51. The highest BCUT2D eigenvalue weighted by Gasteiger charge is 2.16. The van der Waals surface area contributed by atoms with Crippen molar-refractivity contribution in [2.45, 2.75) is 19.9 Å². The van der Waals surface area contributed by atoms with Crippen molar-refractivity contribution >= 4 is 12.2 Å². The second-order valence-electron chi connectivity index (χ2n) is 3.61. The maximum atomic E-state index is 11.4. The molecule has 0 bridgehead atoms. The highest BCUT2D eigenvalue weighted by Crippen LogP contribution is 2.14. The maximum absolute atomic E-state index is 11.4. The molecule has 0 radical (unpaired) electrons. The number of esters is 1. The third kappa shape index (κ3) is 3.98. The van der Waals surface area contributed by atoms with Gasteiger partial charge in [-0.3, -0.25) is 14.8 Å². The third-order valence-electron chi connectivity index (χ3n) is 2.33. The molecule has 94 valence electrons. The Labute approximate surface area is 106 Å². The van der Waals surface area contributed by atoms with Crippen molar-refractivity contribution in [2.24, 2.45) is 10.9 Å². The predicted molar refractivity (Wildman–Crippen MR) is 66.9 cm³/mol. The van der Waals surface area contributed by atoms with Gasteiger partial charge < -0.3 is 4.74 Å². The summed E-state index contributed by atoms with van der Waals surface area (Å²) in [5.41, 5.74) is 0.974. The normalized spacial score (nSPS) is 13.8. The van der Waals surface area contributed by atoms with Crippen LogP contribution in [-0.2, 0) is 9.53 Å². The fraction of sp³-hybridized carbons (Fsp3) is 0.385. The number of rotatable bonds is 5. The van der Waals surface area contributed by atoms with Gasteiger partial charge in [-0.2, -0.15) is 5.26 Å². The van der Waals surface area contributed by atoms with Crippen molar-refractivity contribution in [1.82, 2.24) is 4.98 Å². The number of aliphatic imine (C=N–C) groups is 1. The van der Waals surface area contributed by atoms with Crippen molar-refractivity contribution in [3.05, 3.63) is 30.1 Å². The Kier molecular flexibility index (Phi) is 5.52. The SMILES string of the molecule is CCOC(=O)[C@H](C#N)C=N[C@@H](C)c1ccncc1. The van der Waals surface area contributed by atoms with E-state index < -0.39 is 11.9 Å². The summed E-state index contributed by atoms with van der Waals surface area (Å²) in [4.78, 5) is 19.5. The number of hydrogen-bond donors (Lipinski definition) is 0. The second kappa shape index (κ2) is 7.17. The molecule has 1 heterocycles. The lowest BCUT2D eigenvalue weighted by molar-refractivity contribution is -0.143. The first-order valence-corrected chi connectivity index (χ1v) is 5.68. The molecule has 2 atom stereocenters. The molecule has 0 amide bonds. The lowest BCUT2D eigenvalue weighted by Gasteiger charge is -2.07. The van der Waals surface area contributed by atoms with Crippen LogP contribution in [0.3, 0.4) is 0 Å². The zero-order valence-corrected chi connectivity index (χ0v) is 10.4. The first-order valence-electron chi connectivity index (χ1n) is 5.68. The molecule has 18 heavy (non-hydrogen) atoms. The van der Waals surface area contributed by atoms with Crippen molar-refractivity contribution in [1.29, 1.82) is 5.26 Å². The molecule has 0 saturated heterocycles. The highest BCUT2D eigenvalue weighted by molar-refractivity contribution is 5.92. The molecule has 0 saturated carbocycles. The van der Waals surface area contributed by atoms with Gasteiger partial charge in [0.1, 0.15) is 0 Å². The molecular weight excluding hydrogens is 230 g/mol. The molecule has 0 N–H and O–H groups in total. The van der Waals surface area contributed by atoms with Crippen LogP contribution in [0.4, 0.5) is 0 Å². The molecule has 0 aliphatic heterocycles. The Balaban J connectivity index is 2.68. The highest BCUT2D eigenvalue weighted by atomic mass is 16.5. The summed E-state index contributed by atoms with van der Waals surface area (Å²) in [6.07, 6.45) is 4.69. The zero-order chi connectivity index (χ0) is 13.4. The van der Waals surface area contributed by atoms with Gasteiger partial charge in [-0.05, 0) is 31.5 Å². The molecule has 0 fully saturated rings. The quantitative estimate of drug-likeness (QED) is 0.586. The smallest absolute Gasteiger partial charge is 0.328 e. The largest absolute Gasteiger partial charge is 0.465 e. The summed E-state index contributed by atoms with van der Waals surface area (Å²) in [6, 6.07) is 5.41. The molecular formula is C13H15N3O2. The van der Waals surface area contributed by atoms with E-state index in [4.69, 9.17) is 10.00 Å². The van der Waals surface area contributed by atoms with Crippen LogP contribution in [0.5, 0.6) is 0 Å². The maximum Gasteiger partial charge on any atom is 0.328 e. The fourth-order valence-corrected chi connectivity index (χ4v) is 1.32. The van der Waals surface area contributed by atoms with E-state index in [1.807, 2.05) is 25.1 Å². The van der Waals surface area contributed by atoms with Gasteiger partial charge in [0.05, 0.1) is 18.7 Å². The van der Waals surface area contributed by atoms with E-state index in [2.05, 4.69) is 9.98 Å². The van der Waals surface area contributed by atoms with Gasteiger partial charge >= 0.3 is 5.97 Å². The van der Waals surface area contributed by atoms with Crippen LogP contribution >= 0.6 is 0 Å². The van der Waals surface area contributed by atoms with Gasteiger partial charge in [0.15, 0.2) is 5.92 Å². The Morgan fingerprint density at radius 1 is 1.61 bits per heavy atom. The van der Waals surface area contributed by atoms with Gasteiger partial charge in [-0.1, -0.05) is 0 Å². The van der Waals surface area contributed by atoms with Crippen molar-refractivity contribution in [3.8, 4) is 6.07 Å². The van der Waals surface area contributed by atoms with Gasteiger partial charge in [-0.25, -0.2) is 0 Å². The van der Waals surface area contributed by atoms with Crippen LogP contribution < -0.4 is 0 Å². The monoisotopic (exact) mass is 245 g/mol. The zero-order valence-electron chi connectivity index (χ0n) is 10.4. The average Bonchev–Trinajstić information content (AvgIpc) is 2.40. The van der Waals surface area contributed by atoms with Crippen molar-refractivity contribution < 1.29 is 9.53 Å². The van der Waals surface area contributed by atoms with E-state index in [-0.39, 0.29) is 12.6 Å². The molecule has 0 aliphatic rings. The molecule has 5 heteroatoms. The van der Waals surface area contributed by atoms with E-state index >= 15 is 0 Å². The van der Waals surface area contributed by atoms with Gasteiger partial charge in [0, 0.05) is 18.6 Å². The van der Waals surface area contributed by atoms with Crippen LogP contribution in [0.2, 0.25) is 0 Å². The average molecular weight is 245 g/mol. The Morgan fingerprint density at radius 3 is 2.83 bits per heavy atom. The van der Waals surface area contributed by atoms with E-state index in [0.717, 1.165) is 5.56 Å². The summed E-state index contributed by atoms with van der Waals surface area (Å²) in [5, 5.41) is 8.85. The number of pyridine rings is 1. The second-order valence-corrected chi connectivity index (χ2v) is 3.61. The molecule has 0 unspecified atom stereocenters. The van der Waals surface area contributed by atoms with Gasteiger partial charge in [0.2, 0.25) is 0 Å². The molecule has 1 rings (SSSR count). The number of nitriles is 1. The fourth-order valence-electron chi connectivity index (χ4n) is 1.32. The van der Waals surface area contributed by atoms with Crippen LogP contribution in [0, 0.1) is 17.2 Å². The number of nitrogens with zero attached hydrogens (tertiary/aromatic N) is 3. The van der Waals surface area contributed by atoms with Crippen LogP contribution in [0.1, 0.15) is 25.5 Å². The Hall–Kier alpha value is -2.22. The first-order chi connectivity index (χ1) is 8.69. The molecule has 1 aromatic heterocycles. The Bertz CT molecular complexity index is 451. The van der Waals surface area contributed by atoms with Crippen LogP contribution in [0.15, 0.2) is 29.5 Å². The molecule has 0 aromatic carbocycles. The van der Waals surface area contributed by atoms with Crippen LogP contribution in [0.25, 0.3) is 0 Å². The third-order valence-corrected chi connectivity index (χ3v) is 2.33. The van der Waals surface area contributed by atoms with Gasteiger partial charge in [0.25, 0.3) is 0 Å². The van der Waals surface area contributed by atoms with E-state index in [0.29, 0.717) is 0 Å². The van der Waals surface area contributed by atoms with Crippen LogP contribution in [-0.4, -0.2) is 23.8 Å². The molecule has 1 aromatic rings. The number of carbonyl (C=O) groups is 1. The lowest BCUT2D eigenvalue weighted by Crippen LogP contribution is -2.17. The summed E-state index contributed by atoms with van der Waals surface area (Å²) >= 11 is 0. The summed E-state index contributed by atoms with van der Waals surface area (Å²) < 4.78 is 4.77. The lowest BCUT2D eigenvalue weighted by atomic mass is 10.1. The van der Waals surface area contributed by atoms with E-state index in [1.54, 1.807) is 19.3 Å². The molecule has 0 aliphatic carbocycles. The number of hydrogen-bond acceptors (Lipinski definition) is 5. The summed E-state index contributed by atoms with van der Waals surface area (Å²) in [7, 11) is 0. The summed E-state index contributed by atoms with van der Waals surface area (Å²) in [6.45, 7) is 3.83. The van der Waals surface area contributed by atoms with E-state index in [1.165, 1.54) is 6.21 Å².